The van der Waals surface area contributed by atoms with Gasteiger partial charge in [-0.3, -0.25) is 14.4 Å². The summed E-state index contributed by atoms with van der Waals surface area (Å²) in [7, 11) is 0. The number of aryl methyl sites for hydroxylation is 1. The first-order valence-electron chi connectivity index (χ1n) is 9.57. The number of carbonyl (C=O) groups is 2. The quantitative estimate of drug-likeness (QED) is 0.738. The zero-order valence-corrected chi connectivity index (χ0v) is 16.3. The molecular weight excluding hydrogens is 358 g/mol. The SMILES string of the molecule is CCOC(=O)C1CCCN(C(=O)Cn2nc(-c3ccc(C)cc3)ccc2=O)C1. The van der Waals surface area contributed by atoms with E-state index in [0.717, 1.165) is 17.5 Å². The molecule has 0 saturated carbocycles. The van der Waals surface area contributed by atoms with Crippen LogP contribution in [0.3, 0.4) is 0 Å². The molecule has 1 amide bonds. The van der Waals surface area contributed by atoms with E-state index < -0.39 is 0 Å². The highest BCUT2D eigenvalue weighted by atomic mass is 16.5. The zero-order chi connectivity index (χ0) is 20.1. The topological polar surface area (TPSA) is 81.5 Å². The van der Waals surface area contributed by atoms with Crippen LogP contribution in [0.5, 0.6) is 0 Å². The van der Waals surface area contributed by atoms with Crippen molar-refractivity contribution in [2.24, 2.45) is 5.92 Å². The Morgan fingerprint density at radius 2 is 1.93 bits per heavy atom. The second-order valence-corrected chi connectivity index (χ2v) is 7.01. The Bertz CT molecular complexity index is 905. The van der Waals surface area contributed by atoms with Gasteiger partial charge in [0.1, 0.15) is 6.54 Å². The van der Waals surface area contributed by atoms with Crippen LogP contribution in [-0.4, -0.2) is 46.3 Å². The molecule has 1 aromatic carbocycles. The van der Waals surface area contributed by atoms with E-state index in [1.54, 1.807) is 17.9 Å². The summed E-state index contributed by atoms with van der Waals surface area (Å²) >= 11 is 0. The molecule has 28 heavy (non-hydrogen) atoms. The van der Waals surface area contributed by atoms with Crippen LogP contribution >= 0.6 is 0 Å². The Labute approximate surface area is 163 Å². The van der Waals surface area contributed by atoms with Crippen LogP contribution in [0, 0.1) is 12.8 Å². The number of aromatic nitrogens is 2. The fourth-order valence-corrected chi connectivity index (χ4v) is 3.32. The average Bonchev–Trinajstić information content (AvgIpc) is 2.70. The van der Waals surface area contributed by atoms with Crippen LogP contribution in [0.2, 0.25) is 0 Å². The van der Waals surface area contributed by atoms with Gasteiger partial charge in [0.2, 0.25) is 5.91 Å². The van der Waals surface area contributed by atoms with Gasteiger partial charge >= 0.3 is 5.97 Å². The third-order valence-corrected chi connectivity index (χ3v) is 4.89. The van der Waals surface area contributed by atoms with Crippen molar-refractivity contribution in [3.8, 4) is 11.3 Å². The highest BCUT2D eigenvalue weighted by Gasteiger charge is 2.29. The highest BCUT2D eigenvalue weighted by Crippen LogP contribution is 2.19. The molecule has 1 unspecified atom stereocenters. The van der Waals surface area contributed by atoms with Gasteiger partial charge in [0.05, 0.1) is 18.2 Å². The van der Waals surface area contributed by atoms with Gasteiger partial charge in [-0.05, 0) is 32.8 Å². The molecule has 2 heterocycles. The predicted octanol–water partition coefficient (Wildman–Crippen LogP) is 2.02. The minimum absolute atomic E-state index is 0.145. The van der Waals surface area contributed by atoms with Crippen LogP contribution < -0.4 is 5.56 Å². The largest absolute Gasteiger partial charge is 0.466 e. The first kappa shape index (κ1) is 19.8. The molecule has 0 bridgehead atoms. The minimum Gasteiger partial charge on any atom is -0.466 e. The van der Waals surface area contributed by atoms with Gasteiger partial charge in [-0.2, -0.15) is 5.10 Å². The summed E-state index contributed by atoms with van der Waals surface area (Å²) in [6.45, 7) is 4.84. The van der Waals surface area contributed by atoms with Crippen molar-refractivity contribution in [3.63, 3.8) is 0 Å². The molecule has 3 rings (SSSR count). The third kappa shape index (κ3) is 4.65. The molecule has 1 aliphatic heterocycles. The Kier molecular flexibility index (Phi) is 6.23. The normalized spacial score (nSPS) is 16.6. The van der Waals surface area contributed by atoms with Crippen LogP contribution in [0.25, 0.3) is 11.3 Å². The lowest BCUT2D eigenvalue weighted by Crippen LogP contribution is -2.45. The van der Waals surface area contributed by atoms with Crippen molar-refractivity contribution >= 4 is 11.9 Å². The number of nitrogens with zero attached hydrogens (tertiary/aromatic N) is 3. The molecule has 7 heteroatoms. The maximum Gasteiger partial charge on any atom is 0.310 e. The van der Waals surface area contributed by atoms with Gasteiger partial charge < -0.3 is 9.64 Å². The summed E-state index contributed by atoms with van der Waals surface area (Å²) in [6, 6.07) is 10.9. The van der Waals surface area contributed by atoms with Crippen molar-refractivity contribution in [2.45, 2.75) is 33.2 Å². The fraction of sp³-hybridized carbons (Fsp3) is 0.429. The summed E-state index contributed by atoms with van der Waals surface area (Å²) in [6.07, 6.45) is 1.45. The van der Waals surface area contributed by atoms with Crippen LogP contribution in [-0.2, 0) is 20.9 Å². The Morgan fingerprint density at radius 1 is 1.18 bits per heavy atom. The standard InChI is InChI=1S/C21H25N3O4/c1-3-28-21(27)17-5-4-12-23(13-17)20(26)14-24-19(25)11-10-18(22-24)16-8-6-15(2)7-9-16/h6-11,17H,3-5,12-14H2,1-2H3. The summed E-state index contributed by atoms with van der Waals surface area (Å²) in [5.41, 5.74) is 2.32. The Hall–Kier alpha value is -2.96. The first-order valence-corrected chi connectivity index (χ1v) is 9.57. The van der Waals surface area contributed by atoms with E-state index in [4.69, 9.17) is 4.74 Å². The van der Waals surface area contributed by atoms with E-state index >= 15 is 0 Å². The third-order valence-electron chi connectivity index (χ3n) is 4.89. The summed E-state index contributed by atoms with van der Waals surface area (Å²) in [5.74, 6) is -0.789. The number of hydrogen-bond acceptors (Lipinski definition) is 5. The van der Waals surface area contributed by atoms with Gasteiger partial charge in [-0.25, -0.2) is 4.68 Å². The van der Waals surface area contributed by atoms with Gasteiger partial charge in [-0.1, -0.05) is 29.8 Å². The van der Waals surface area contributed by atoms with E-state index in [2.05, 4.69) is 5.10 Å². The number of benzene rings is 1. The van der Waals surface area contributed by atoms with Crippen LogP contribution in [0.4, 0.5) is 0 Å². The Morgan fingerprint density at radius 3 is 2.64 bits per heavy atom. The van der Waals surface area contributed by atoms with Gasteiger partial charge in [0.15, 0.2) is 0 Å². The highest BCUT2D eigenvalue weighted by molar-refractivity contribution is 5.78. The number of esters is 1. The van der Waals surface area contributed by atoms with Crippen LogP contribution in [0.1, 0.15) is 25.3 Å². The average molecular weight is 383 g/mol. The number of piperidine rings is 1. The molecule has 1 saturated heterocycles. The maximum absolute atomic E-state index is 12.7. The molecule has 2 aromatic rings. The van der Waals surface area contributed by atoms with E-state index in [1.165, 1.54) is 10.7 Å². The van der Waals surface area contributed by atoms with Crippen molar-refractivity contribution in [1.82, 2.24) is 14.7 Å². The molecule has 1 aliphatic rings. The molecule has 0 spiro atoms. The summed E-state index contributed by atoms with van der Waals surface area (Å²) in [5, 5.41) is 4.36. The zero-order valence-electron chi connectivity index (χ0n) is 16.3. The predicted molar refractivity (Wildman–Crippen MR) is 105 cm³/mol. The molecule has 0 N–H and O–H groups in total. The molecule has 1 fully saturated rings. The maximum atomic E-state index is 12.7. The number of rotatable bonds is 5. The first-order chi connectivity index (χ1) is 13.5. The smallest absolute Gasteiger partial charge is 0.310 e. The van der Waals surface area contributed by atoms with Gasteiger partial charge in [-0.15, -0.1) is 0 Å². The monoisotopic (exact) mass is 383 g/mol. The van der Waals surface area contributed by atoms with E-state index in [-0.39, 0.29) is 29.9 Å². The van der Waals surface area contributed by atoms with Crippen molar-refractivity contribution in [1.29, 1.82) is 0 Å². The summed E-state index contributed by atoms with van der Waals surface area (Å²) < 4.78 is 6.26. The lowest BCUT2D eigenvalue weighted by Gasteiger charge is -2.31. The number of ether oxygens (including phenoxy) is 1. The fourth-order valence-electron chi connectivity index (χ4n) is 3.32. The van der Waals surface area contributed by atoms with Gasteiger partial charge in [0.25, 0.3) is 5.56 Å². The molecule has 1 aromatic heterocycles. The van der Waals surface area contributed by atoms with Crippen molar-refractivity contribution < 1.29 is 14.3 Å². The van der Waals surface area contributed by atoms with Gasteiger partial charge in [0, 0.05) is 24.7 Å². The number of likely N-dealkylation sites (tertiary alicyclic amines) is 1. The number of carbonyl (C=O) groups excluding carboxylic acids is 2. The van der Waals surface area contributed by atoms with E-state index in [9.17, 15) is 14.4 Å². The molecule has 148 valence electrons. The minimum atomic E-state index is -0.330. The lowest BCUT2D eigenvalue weighted by molar-refractivity contribution is -0.151. The van der Waals surface area contributed by atoms with Crippen molar-refractivity contribution in [3.05, 3.63) is 52.3 Å². The number of hydrogen-bond donors (Lipinski definition) is 0. The van der Waals surface area contributed by atoms with Crippen LogP contribution in [0.15, 0.2) is 41.2 Å². The second-order valence-electron chi connectivity index (χ2n) is 7.01. The molecule has 0 aliphatic carbocycles. The summed E-state index contributed by atoms with van der Waals surface area (Å²) in [4.78, 5) is 38.5. The Balaban J connectivity index is 1.73. The molecule has 7 nitrogen and oxygen atoms in total. The van der Waals surface area contributed by atoms with Crippen molar-refractivity contribution in [2.75, 3.05) is 19.7 Å². The molecular formula is C21H25N3O4. The second kappa shape index (κ2) is 8.82. The molecule has 0 radical (unpaired) electrons. The van der Waals surface area contributed by atoms with E-state index in [0.29, 0.717) is 31.8 Å². The van der Waals surface area contributed by atoms with E-state index in [1.807, 2.05) is 31.2 Å². The lowest BCUT2D eigenvalue weighted by atomic mass is 9.98. The number of amides is 1. The molecule has 1 atom stereocenters.